The molecule has 2 amide bonds. The van der Waals surface area contributed by atoms with Crippen LogP contribution in [0.4, 0.5) is 10.7 Å². The molecule has 1 fully saturated rings. The molecule has 0 atom stereocenters. The van der Waals surface area contributed by atoms with E-state index in [1.165, 1.54) is 12.1 Å². The van der Waals surface area contributed by atoms with Crippen LogP contribution in [0.5, 0.6) is 0 Å². The van der Waals surface area contributed by atoms with E-state index in [-0.39, 0.29) is 17.3 Å². The molecule has 1 aromatic rings. The monoisotopic (exact) mass is 326 g/mol. The van der Waals surface area contributed by atoms with Gasteiger partial charge in [-0.25, -0.2) is 0 Å². The number of esters is 1. The number of carbonyl (C=O) groups is 3. The lowest BCUT2D eigenvalue weighted by Crippen LogP contribution is -2.34. The van der Waals surface area contributed by atoms with Gasteiger partial charge in [-0.2, -0.15) is 0 Å². The maximum Gasteiger partial charge on any atom is 0.433 e. The number of nitro groups is 1. The summed E-state index contributed by atoms with van der Waals surface area (Å²) in [5.74, 6) is -1.79. The highest BCUT2D eigenvalue weighted by Gasteiger charge is 2.36. The van der Waals surface area contributed by atoms with E-state index < -0.39 is 34.5 Å². The van der Waals surface area contributed by atoms with Gasteiger partial charge in [-0.15, -0.1) is 0 Å². The van der Waals surface area contributed by atoms with Crippen LogP contribution < -0.4 is 0 Å². The van der Waals surface area contributed by atoms with Crippen molar-refractivity contribution < 1.29 is 28.5 Å². The van der Waals surface area contributed by atoms with Crippen LogP contribution in [-0.4, -0.2) is 40.1 Å². The van der Waals surface area contributed by atoms with Crippen molar-refractivity contribution in [3.8, 4) is 0 Å². The van der Waals surface area contributed by atoms with Gasteiger partial charge in [0.05, 0.1) is 17.6 Å². The van der Waals surface area contributed by atoms with Crippen molar-refractivity contribution in [2.24, 2.45) is 0 Å². The molecule has 0 aliphatic carbocycles. The smallest absolute Gasteiger partial charge is 0.433 e. The molecule has 2 rings (SSSR count). The summed E-state index contributed by atoms with van der Waals surface area (Å²) in [4.78, 5) is 45.6. The molecule has 0 unspecified atom stereocenters. The third kappa shape index (κ3) is 3.34. The first-order valence-electron chi connectivity index (χ1n) is 6.07. The minimum atomic E-state index is -0.718. The van der Waals surface area contributed by atoms with Crippen molar-refractivity contribution in [1.29, 1.82) is 0 Å². The zero-order valence-electron chi connectivity index (χ0n) is 11.3. The van der Waals surface area contributed by atoms with Crippen LogP contribution in [0.15, 0.2) is 21.5 Å². The van der Waals surface area contributed by atoms with Gasteiger partial charge in [0.25, 0.3) is 11.1 Å². The highest BCUT2D eigenvalue weighted by Crippen LogP contribution is 2.32. The largest absolute Gasteiger partial charge is 0.465 e. The van der Waals surface area contributed by atoms with Gasteiger partial charge >= 0.3 is 11.9 Å². The summed E-state index contributed by atoms with van der Waals surface area (Å²) in [6.07, 6.45) is 1.21. The molecule has 1 aliphatic heterocycles. The second kappa shape index (κ2) is 6.43. The van der Waals surface area contributed by atoms with E-state index in [0.717, 1.165) is 11.0 Å². The number of thioether (sulfide) groups is 1. The number of imide groups is 1. The third-order valence-electron chi connectivity index (χ3n) is 2.53. The molecule has 0 radical (unpaired) electrons. The molecule has 1 saturated heterocycles. The fraction of sp³-hybridized carbons (Fsp3) is 0.250. The highest BCUT2D eigenvalue weighted by atomic mass is 32.2. The quantitative estimate of drug-likeness (QED) is 0.347. The Balaban J connectivity index is 2.14. The molecule has 0 N–H and O–H groups in total. The molecule has 1 aliphatic rings. The van der Waals surface area contributed by atoms with Gasteiger partial charge in [0.15, 0.2) is 0 Å². The summed E-state index contributed by atoms with van der Waals surface area (Å²) in [6, 6.07) is 2.44. The molecule has 10 heteroatoms. The van der Waals surface area contributed by atoms with Crippen molar-refractivity contribution >= 4 is 40.8 Å². The maximum absolute atomic E-state index is 12.0. The van der Waals surface area contributed by atoms with Crippen LogP contribution in [0.3, 0.4) is 0 Å². The van der Waals surface area contributed by atoms with E-state index in [9.17, 15) is 24.5 Å². The van der Waals surface area contributed by atoms with Crippen molar-refractivity contribution in [3.05, 3.63) is 32.9 Å². The summed E-state index contributed by atoms with van der Waals surface area (Å²) in [5, 5.41) is 9.89. The molecular formula is C12H10N2O7S. The van der Waals surface area contributed by atoms with E-state index >= 15 is 0 Å². The Hall–Kier alpha value is -2.62. The van der Waals surface area contributed by atoms with Gasteiger partial charge in [0, 0.05) is 6.08 Å². The van der Waals surface area contributed by atoms with Gasteiger partial charge in [0.2, 0.25) is 0 Å². The SMILES string of the molecule is CCOC(=O)CN1C(=O)S/C(=C\c2ccc([N+](=O)[O-])o2)C1=O. The zero-order valence-corrected chi connectivity index (χ0v) is 12.1. The maximum atomic E-state index is 12.0. The van der Waals surface area contributed by atoms with E-state index in [1.807, 2.05) is 0 Å². The Morgan fingerprint density at radius 2 is 2.23 bits per heavy atom. The highest BCUT2D eigenvalue weighted by molar-refractivity contribution is 8.18. The summed E-state index contributed by atoms with van der Waals surface area (Å²) in [7, 11) is 0. The third-order valence-corrected chi connectivity index (χ3v) is 3.44. The van der Waals surface area contributed by atoms with Gasteiger partial charge in [-0.3, -0.25) is 29.4 Å². The average Bonchev–Trinajstić information content (AvgIpc) is 3.01. The predicted octanol–water partition coefficient (Wildman–Crippen LogP) is 1.79. The van der Waals surface area contributed by atoms with Gasteiger partial charge in [-0.1, -0.05) is 0 Å². The molecule has 1 aromatic heterocycles. The number of ether oxygens (including phenoxy) is 1. The van der Waals surface area contributed by atoms with E-state index in [1.54, 1.807) is 6.92 Å². The Bertz CT molecular complexity index is 679. The Labute approximate surface area is 128 Å². The Morgan fingerprint density at radius 3 is 2.82 bits per heavy atom. The lowest BCUT2D eigenvalue weighted by molar-refractivity contribution is -0.402. The summed E-state index contributed by atoms with van der Waals surface area (Å²) in [6.45, 7) is 1.27. The fourth-order valence-electron chi connectivity index (χ4n) is 1.62. The Kier molecular flexibility index (Phi) is 4.61. The lowest BCUT2D eigenvalue weighted by Gasteiger charge is -2.10. The Morgan fingerprint density at radius 1 is 1.50 bits per heavy atom. The molecule has 2 heterocycles. The molecule has 22 heavy (non-hydrogen) atoms. The molecule has 0 bridgehead atoms. The van der Waals surface area contributed by atoms with Crippen LogP contribution in [0.1, 0.15) is 12.7 Å². The minimum Gasteiger partial charge on any atom is -0.465 e. The second-order valence-corrected chi connectivity index (χ2v) is 5.00. The normalized spacial score (nSPS) is 16.4. The van der Waals surface area contributed by atoms with Crippen molar-refractivity contribution in [2.45, 2.75) is 6.92 Å². The van der Waals surface area contributed by atoms with E-state index in [0.29, 0.717) is 11.8 Å². The summed E-state index contributed by atoms with van der Waals surface area (Å²) >= 11 is 0.615. The molecule has 0 saturated carbocycles. The van der Waals surface area contributed by atoms with Crippen molar-refractivity contribution in [2.75, 3.05) is 13.2 Å². The summed E-state index contributed by atoms with van der Waals surface area (Å²) in [5.41, 5.74) is 0. The standard InChI is InChI=1S/C12H10N2O7S/c1-2-20-10(15)6-13-11(16)8(22-12(13)17)5-7-3-4-9(21-7)14(18)19/h3-5H,2,6H2,1H3/b8-5-. The fourth-order valence-corrected chi connectivity index (χ4v) is 2.44. The van der Waals surface area contributed by atoms with Crippen LogP contribution in [-0.2, 0) is 14.3 Å². The predicted molar refractivity (Wildman–Crippen MR) is 74.7 cm³/mol. The number of hydrogen-bond donors (Lipinski definition) is 0. The van der Waals surface area contributed by atoms with Crippen LogP contribution in [0.2, 0.25) is 0 Å². The molecular weight excluding hydrogens is 316 g/mol. The van der Waals surface area contributed by atoms with Crippen LogP contribution in [0, 0.1) is 10.1 Å². The number of rotatable bonds is 5. The number of carbonyl (C=O) groups excluding carboxylic acids is 3. The van der Waals surface area contributed by atoms with Gasteiger partial charge in [-0.05, 0) is 24.8 Å². The molecule has 9 nitrogen and oxygen atoms in total. The summed E-state index contributed by atoms with van der Waals surface area (Å²) < 4.78 is 9.56. The lowest BCUT2D eigenvalue weighted by atomic mass is 10.3. The molecule has 0 spiro atoms. The van der Waals surface area contributed by atoms with Gasteiger partial charge in [0.1, 0.15) is 17.2 Å². The number of nitrogens with zero attached hydrogens (tertiary/aromatic N) is 2. The minimum absolute atomic E-state index is 0.0125. The first kappa shape index (κ1) is 15.8. The number of hydrogen-bond acceptors (Lipinski definition) is 8. The van der Waals surface area contributed by atoms with Crippen LogP contribution in [0.25, 0.3) is 6.08 Å². The topological polar surface area (TPSA) is 120 Å². The van der Waals surface area contributed by atoms with E-state index in [2.05, 4.69) is 4.74 Å². The molecule has 0 aromatic carbocycles. The first-order chi connectivity index (χ1) is 10.4. The molecule has 116 valence electrons. The van der Waals surface area contributed by atoms with Crippen molar-refractivity contribution in [3.63, 3.8) is 0 Å². The van der Waals surface area contributed by atoms with E-state index in [4.69, 9.17) is 4.42 Å². The zero-order chi connectivity index (χ0) is 16.3. The second-order valence-electron chi connectivity index (χ2n) is 4.01. The van der Waals surface area contributed by atoms with Gasteiger partial charge < -0.3 is 9.15 Å². The first-order valence-corrected chi connectivity index (χ1v) is 6.89. The van der Waals surface area contributed by atoms with Crippen molar-refractivity contribution in [1.82, 2.24) is 4.90 Å². The van der Waals surface area contributed by atoms with Crippen LogP contribution >= 0.6 is 11.8 Å². The number of amides is 2. The number of furan rings is 1. The average molecular weight is 326 g/mol.